The largest absolute Gasteiger partial charge is 0.423 e. The van der Waals surface area contributed by atoms with Crippen molar-refractivity contribution in [3.8, 4) is 10.6 Å². The Hall–Kier alpha value is -4.11. The van der Waals surface area contributed by atoms with Crippen LogP contribution in [0, 0.1) is 0 Å². The average molecular weight is 546 g/mol. The van der Waals surface area contributed by atoms with E-state index in [9.17, 15) is 31.1 Å². The zero-order chi connectivity index (χ0) is 27.5. The van der Waals surface area contributed by atoms with Gasteiger partial charge in [-0.1, -0.05) is 49.0 Å². The molecule has 0 saturated carbocycles. The van der Waals surface area contributed by atoms with E-state index in [0.717, 1.165) is 0 Å². The predicted molar refractivity (Wildman–Crippen MR) is 138 cm³/mol. The van der Waals surface area contributed by atoms with E-state index in [0.29, 0.717) is 18.2 Å². The Morgan fingerprint density at radius 3 is 1.58 bits per heavy atom. The lowest BCUT2D eigenvalue weighted by atomic mass is 10.1. The summed E-state index contributed by atoms with van der Waals surface area (Å²) in [5.74, 6) is -2.01. The molecule has 2 nitrogen and oxygen atoms in total. The van der Waals surface area contributed by atoms with E-state index in [1.165, 1.54) is 25.1 Å². The smallest absolute Gasteiger partial charge is 0.416 e. The summed E-state index contributed by atoms with van der Waals surface area (Å²) in [6.07, 6.45) is -9.36. The van der Waals surface area contributed by atoms with Crippen molar-refractivity contribution in [1.29, 1.82) is 0 Å². The molecule has 194 valence electrons. The first-order valence-corrected chi connectivity index (χ1v) is 12.3. The van der Waals surface area contributed by atoms with Gasteiger partial charge >= 0.3 is 18.3 Å². The molecule has 1 heterocycles. The molecule has 0 aliphatic rings. The van der Waals surface area contributed by atoms with Crippen LogP contribution in [-0.2, 0) is 17.1 Å². The van der Waals surface area contributed by atoms with Crippen LogP contribution in [0.2, 0.25) is 0 Å². The molecule has 1 aromatic heterocycles. The van der Waals surface area contributed by atoms with Gasteiger partial charge in [0.05, 0.1) is 11.1 Å². The molecule has 9 heteroatoms. The molecule has 0 aliphatic heterocycles. The monoisotopic (exact) mass is 545 g/mol. The molecule has 4 aromatic carbocycles. The predicted octanol–water partition coefficient (Wildman–Crippen LogP) is 9.55. The van der Waals surface area contributed by atoms with Crippen LogP contribution in [-0.4, -0.2) is 5.97 Å². The Morgan fingerprint density at radius 1 is 0.684 bits per heavy atom. The molecule has 0 saturated heterocycles. The summed E-state index contributed by atoms with van der Waals surface area (Å²) in [6.45, 7) is 2.98. The number of ether oxygens (including phenoxy) is 1. The van der Waals surface area contributed by atoms with E-state index in [-0.39, 0.29) is 16.5 Å². The topological polar surface area (TPSA) is 26.3 Å². The molecule has 5 rings (SSSR count). The van der Waals surface area contributed by atoms with Gasteiger partial charge in [0.25, 0.3) is 0 Å². The summed E-state index contributed by atoms with van der Waals surface area (Å²) in [4.78, 5) is 12.2. The van der Waals surface area contributed by atoms with Crippen molar-refractivity contribution in [2.45, 2.75) is 12.4 Å². The van der Waals surface area contributed by atoms with Crippen LogP contribution in [0.4, 0.5) is 26.3 Å². The van der Waals surface area contributed by atoms with Gasteiger partial charge < -0.3 is 4.74 Å². The summed E-state index contributed by atoms with van der Waals surface area (Å²) in [7, 11) is 0.0594. The Kier molecular flexibility index (Phi) is 7.59. The maximum atomic E-state index is 12.4. The number of halogens is 6. The number of carbonyl (C=O) groups is 1. The first kappa shape index (κ1) is 26.9. The first-order chi connectivity index (χ1) is 18.0. The van der Waals surface area contributed by atoms with Crippen molar-refractivity contribution in [3.63, 3.8) is 0 Å². The van der Waals surface area contributed by atoms with Crippen molar-refractivity contribution in [2.75, 3.05) is 0 Å². The van der Waals surface area contributed by atoms with Gasteiger partial charge in [-0.2, -0.15) is 26.3 Å². The van der Waals surface area contributed by atoms with Crippen LogP contribution >= 0.6 is 10.5 Å². The van der Waals surface area contributed by atoms with Crippen LogP contribution in [0.25, 0.3) is 25.1 Å². The minimum atomic E-state index is -4.99. The number of hydrogen-bond donors (Lipinski definition) is 0. The highest BCUT2D eigenvalue weighted by Crippen LogP contribution is 2.47. The van der Waals surface area contributed by atoms with Gasteiger partial charge in [0.1, 0.15) is 5.75 Å². The molecule has 38 heavy (non-hydrogen) atoms. The fourth-order valence-electron chi connectivity index (χ4n) is 3.81. The van der Waals surface area contributed by atoms with Crippen LogP contribution in [0.15, 0.2) is 110 Å². The van der Waals surface area contributed by atoms with Crippen molar-refractivity contribution in [2.24, 2.45) is 0 Å². The van der Waals surface area contributed by atoms with Crippen molar-refractivity contribution < 1.29 is 35.9 Å². The normalized spacial score (nSPS) is 11.6. The van der Waals surface area contributed by atoms with Gasteiger partial charge in [0.2, 0.25) is 0 Å². The number of esters is 1. The SMILES string of the molecule is C=CC(=O)Oc1cc(C(F)(F)F)cc(C(F)(F)F)c1.c1ccc(-[s+]2c3ccccc3c3ccccc32)cc1. The molecule has 0 unspecified atom stereocenters. The Balaban J connectivity index is 0.000000177. The molecule has 0 N–H and O–H groups in total. The highest BCUT2D eigenvalue weighted by molar-refractivity contribution is 7.50. The number of benzene rings is 4. The Morgan fingerprint density at radius 2 is 1.13 bits per heavy atom. The van der Waals surface area contributed by atoms with Crippen molar-refractivity contribution >= 4 is 36.6 Å². The molecule has 0 spiro atoms. The lowest BCUT2D eigenvalue weighted by Gasteiger charge is -2.13. The van der Waals surface area contributed by atoms with Gasteiger partial charge in [-0.3, -0.25) is 0 Å². The third-order valence-electron chi connectivity index (χ3n) is 5.43. The standard InChI is InChI=1S/C18H13S.C11H6F6O2/c1-2-8-14(9-3-1)19-17-12-6-4-10-15(17)16-11-5-7-13-18(16)19;1-2-9(18)19-8-4-6(10(12,13)14)3-7(5-8)11(15,16)17/h1-13H;2-5H,1H2/q+1;. The fraction of sp³-hybridized carbons (Fsp3) is 0.0690. The third-order valence-corrected chi connectivity index (χ3v) is 7.76. The zero-order valence-corrected chi connectivity index (χ0v) is 20.3. The summed E-state index contributed by atoms with van der Waals surface area (Å²) in [5, 5.41) is 2.79. The van der Waals surface area contributed by atoms with Crippen molar-refractivity contribution in [1.82, 2.24) is 0 Å². The molecule has 0 aliphatic carbocycles. The molecule has 5 aromatic rings. The number of alkyl halides is 6. The molecular weight excluding hydrogens is 526 g/mol. The third kappa shape index (κ3) is 5.89. The van der Waals surface area contributed by atoms with Crippen molar-refractivity contribution in [3.05, 3.63) is 121 Å². The van der Waals surface area contributed by atoms with E-state index in [1.54, 1.807) is 0 Å². The van der Waals surface area contributed by atoms with Crippen LogP contribution in [0.1, 0.15) is 11.1 Å². The van der Waals surface area contributed by atoms with Gasteiger partial charge in [0, 0.05) is 27.3 Å². The molecule has 0 radical (unpaired) electrons. The minimum Gasteiger partial charge on any atom is -0.423 e. The fourth-order valence-corrected chi connectivity index (χ4v) is 6.21. The van der Waals surface area contributed by atoms with E-state index >= 15 is 0 Å². The lowest BCUT2D eigenvalue weighted by molar-refractivity contribution is -0.144. The quantitative estimate of drug-likeness (QED) is 0.0742. The van der Waals surface area contributed by atoms with E-state index < -0.39 is 35.2 Å². The Bertz CT molecular complexity index is 1520. The Labute approximate surface area is 216 Å². The summed E-state index contributed by atoms with van der Waals surface area (Å²) >= 11 is 0. The maximum absolute atomic E-state index is 12.4. The van der Waals surface area contributed by atoms with Gasteiger partial charge in [0.15, 0.2) is 14.3 Å². The van der Waals surface area contributed by atoms with Gasteiger partial charge in [-0.15, -0.1) is 0 Å². The molecule has 0 amide bonds. The number of carbonyl (C=O) groups excluding carboxylic acids is 1. The maximum Gasteiger partial charge on any atom is 0.416 e. The van der Waals surface area contributed by atoms with Crippen LogP contribution < -0.4 is 4.74 Å². The van der Waals surface area contributed by atoms with Gasteiger partial charge in [-0.25, -0.2) is 4.79 Å². The number of hydrogen-bond acceptors (Lipinski definition) is 2. The molecular formula is C29H19F6O2S+. The second kappa shape index (κ2) is 10.7. The second-order valence-electron chi connectivity index (χ2n) is 7.98. The van der Waals surface area contributed by atoms with E-state index in [4.69, 9.17) is 0 Å². The molecule has 0 atom stereocenters. The highest BCUT2D eigenvalue weighted by atomic mass is 32.2. The summed E-state index contributed by atoms with van der Waals surface area (Å²) < 4.78 is 81.7. The number of rotatable bonds is 3. The number of thiophene rings is 1. The van der Waals surface area contributed by atoms with Gasteiger partial charge in [-0.05, 0) is 54.6 Å². The minimum absolute atomic E-state index is 0.0594. The molecule has 0 fully saturated rings. The average Bonchev–Trinajstić information content (AvgIpc) is 3.23. The highest BCUT2D eigenvalue weighted by Gasteiger charge is 2.37. The first-order valence-electron chi connectivity index (χ1n) is 11.1. The molecule has 0 bridgehead atoms. The lowest BCUT2D eigenvalue weighted by Crippen LogP contribution is -2.12. The zero-order valence-electron chi connectivity index (χ0n) is 19.5. The van der Waals surface area contributed by atoms with E-state index in [1.807, 2.05) is 0 Å². The summed E-state index contributed by atoms with van der Waals surface area (Å²) in [6, 6.07) is 28.9. The summed E-state index contributed by atoms with van der Waals surface area (Å²) in [5.41, 5.74) is -3.12. The number of fused-ring (bicyclic) bond motifs is 3. The van der Waals surface area contributed by atoms with Crippen LogP contribution in [0.3, 0.4) is 0 Å². The van der Waals surface area contributed by atoms with Crippen LogP contribution in [0.5, 0.6) is 5.75 Å². The second-order valence-corrected chi connectivity index (χ2v) is 9.94. The van der Waals surface area contributed by atoms with E-state index in [2.05, 4.69) is 90.2 Å².